The second-order valence-electron chi connectivity index (χ2n) is 8.82. The molecular formula is C25H34N6O2. The zero-order valence-electron chi connectivity index (χ0n) is 19.6. The zero-order valence-corrected chi connectivity index (χ0v) is 19.6. The summed E-state index contributed by atoms with van der Waals surface area (Å²) in [4.78, 5) is 19.9. The van der Waals surface area contributed by atoms with Gasteiger partial charge in [-0.05, 0) is 42.4 Å². The predicted molar refractivity (Wildman–Crippen MR) is 130 cm³/mol. The van der Waals surface area contributed by atoms with Crippen LogP contribution in [-0.2, 0) is 6.54 Å². The number of benzene rings is 2. The molecule has 8 heteroatoms. The third kappa shape index (κ3) is 6.52. The SMILES string of the molecule is COc1cccc(CN(CCN2CCN(C)CC2)C(=O)Nc2ccc(C3CN=NC3)cc2)c1. The molecule has 2 heterocycles. The minimum atomic E-state index is -0.0921. The normalized spacial score (nSPS) is 17.3. The first kappa shape index (κ1) is 23.2. The number of nitrogens with one attached hydrogen (secondary N) is 1. The Balaban J connectivity index is 1.40. The number of urea groups is 1. The Kier molecular flexibility index (Phi) is 7.91. The van der Waals surface area contributed by atoms with Crippen molar-refractivity contribution in [3.63, 3.8) is 0 Å². The van der Waals surface area contributed by atoms with Crippen LogP contribution in [0.25, 0.3) is 0 Å². The van der Waals surface area contributed by atoms with Gasteiger partial charge in [0.2, 0.25) is 0 Å². The highest BCUT2D eigenvalue weighted by atomic mass is 16.5. The molecule has 2 aliphatic heterocycles. The summed E-state index contributed by atoms with van der Waals surface area (Å²) < 4.78 is 5.37. The summed E-state index contributed by atoms with van der Waals surface area (Å²) in [6.07, 6.45) is 0. The maximum Gasteiger partial charge on any atom is 0.322 e. The second kappa shape index (κ2) is 11.2. The number of piperazine rings is 1. The van der Waals surface area contributed by atoms with E-state index in [0.717, 1.165) is 62.8 Å². The van der Waals surface area contributed by atoms with Gasteiger partial charge >= 0.3 is 6.03 Å². The van der Waals surface area contributed by atoms with Gasteiger partial charge in [-0.15, -0.1) is 0 Å². The van der Waals surface area contributed by atoms with Crippen molar-refractivity contribution in [3.8, 4) is 5.75 Å². The largest absolute Gasteiger partial charge is 0.497 e. The summed E-state index contributed by atoms with van der Waals surface area (Å²) in [5.74, 6) is 1.15. The van der Waals surface area contributed by atoms with Crippen LogP contribution < -0.4 is 10.1 Å². The van der Waals surface area contributed by atoms with Gasteiger partial charge in [0.1, 0.15) is 5.75 Å². The van der Waals surface area contributed by atoms with E-state index in [9.17, 15) is 4.79 Å². The molecule has 0 aliphatic carbocycles. The number of hydrogen-bond acceptors (Lipinski definition) is 6. The summed E-state index contributed by atoms with van der Waals surface area (Å²) in [7, 11) is 3.82. The van der Waals surface area contributed by atoms with Gasteiger partial charge in [-0.1, -0.05) is 24.3 Å². The lowest BCUT2D eigenvalue weighted by Crippen LogP contribution is -2.48. The number of hydrogen-bond donors (Lipinski definition) is 1. The lowest BCUT2D eigenvalue weighted by molar-refractivity contribution is 0.138. The average molecular weight is 451 g/mol. The van der Waals surface area contributed by atoms with E-state index in [2.05, 4.69) is 44.5 Å². The van der Waals surface area contributed by atoms with Crippen molar-refractivity contribution in [1.82, 2.24) is 14.7 Å². The summed E-state index contributed by atoms with van der Waals surface area (Å²) in [6.45, 7) is 7.73. The van der Waals surface area contributed by atoms with Crippen molar-refractivity contribution >= 4 is 11.7 Å². The molecule has 0 aromatic heterocycles. The molecule has 0 spiro atoms. The van der Waals surface area contributed by atoms with E-state index >= 15 is 0 Å². The van der Waals surface area contributed by atoms with Gasteiger partial charge in [0, 0.05) is 57.4 Å². The molecule has 1 saturated heterocycles. The van der Waals surface area contributed by atoms with Crippen LogP contribution in [0.5, 0.6) is 5.75 Å². The number of carbonyl (C=O) groups is 1. The van der Waals surface area contributed by atoms with E-state index in [1.807, 2.05) is 41.3 Å². The fraction of sp³-hybridized carbons (Fsp3) is 0.480. The highest BCUT2D eigenvalue weighted by molar-refractivity contribution is 5.89. The Bertz CT molecular complexity index is 932. The molecule has 8 nitrogen and oxygen atoms in total. The Labute approximate surface area is 196 Å². The fourth-order valence-corrected chi connectivity index (χ4v) is 4.20. The number of carbonyl (C=O) groups excluding carboxylic acids is 1. The lowest BCUT2D eigenvalue weighted by atomic mass is 10.00. The van der Waals surface area contributed by atoms with E-state index < -0.39 is 0 Å². The highest BCUT2D eigenvalue weighted by Gasteiger charge is 2.19. The van der Waals surface area contributed by atoms with Crippen molar-refractivity contribution in [2.24, 2.45) is 10.2 Å². The van der Waals surface area contributed by atoms with Gasteiger partial charge in [0.15, 0.2) is 0 Å². The van der Waals surface area contributed by atoms with Crippen LogP contribution in [0.4, 0.5) is 10.5 Å². The number of azo groups is 1. The third-order valence-corrected chi connectivity index (χ3v) is 6.41. The molecule has 0 bridgehead atoms. The molecule has 1 fully saturated rings. The summed E-state index contributed by atoms with van der Waals surface area (Å²) in [5.41, 5.74) is 3.05. The van der Waals surface area contributed by atoms with Crippen LogP contribution in [0.15, 0.2) is 58.8 Å². The highest BCUT2D eigenvalue weighted by Crippen LogP contribution is 2.23. The van der Waals surface area contributed by atoms with Crippen LogP contribution in [-0.4, -0.2) is 87.2 Å². The molecule has 176 valence electrons. The van der Waals surface area contributed by atoms with Crippen molar-refractivity contribution in [3.05, 3.63) is 59.7 Å². The molecule has 2 aliphatic rings. The second-order valence-corrected chi connectivity index (χ2v) is 8.82. The van der Waals surface area contributed by atoms with E-state index in [4.69, 9.17) is 4.74 Å². The van der Waals surface area contributed by atoms with Crippen molar-refractivity contribution in [2.75, 3.05) is 71.8 Å². The van der Waals surface area contributed by atoms with Crippen molar-refractivity contribution < 1.29 is 9.53 Å². The van der Waals surface area contributed by atoms with Gasteiger partial charge in [-0.2, -0.15) is 10.2 Å². The zero-order chi connectivity index (χ0) is 23.0. The van der Waals surface area contributed by atoms with Crippen LogP contribution in [0, 0.1) is 0 Å². The van der Waals surface area contributed by atoms with Crippen LogP contribution in [0.3, 0.4) is 0 Å². The minimum Gasteiger partial charge on any atom is -0.497 e. The maximum absolute atomic E-state index is 13.3. The molecule has 2 amide bonds. The van der Waals surface area contributed by atoms with Crippen molar-refractivity contribution in [1.29, 1.82) is 0 Å². The fourth-order valence-electron chi connectivity index (χ4n) is 4.20. The monoisotopic (exact) mass is 450 g/mol. The first-order chi connectivity index (χ1) is 16.1. The Morgan fingerprint density at radius 1 is 1.09 bits per heavy atom. The Morgan fingerprint density at radius 3 is 2.52 bits per heavy atom. The molecular weight excluding hydrogens is 416 g/mol. The first-order valence-electron chi connectivity index (χ1n) is 11.6. The van der Waals surface area contributed by atoms with Gasteiger partial charge in [-0.25, -0.2) is 4.79 Å². The molecule has 33 heavy (non-hydrogen) atoms. The summed E-state index contributed by atoms with van der Waals surface area (Å²) in [6, 6.07) is 15.9. The summed E-state index contributed by atoms with van der Waals surface area (Å²) in [5, 5.41) is 11.3. The number of methoxy groups -OCH3 is 1. The first-order valence-corrected chi connectivity index (χ1v) is 11.6. The smallest absolute Gasteiger partial charge is 0.322 e. The van der Waals surface area contributed by atoms with Crippen LogP contribution in [0.1, 0.15) is 17.0 Å². The number of anilines is 1. The molecule has 0 unspecified atom stereocenters. The van der Waals surface area contributed by atoms with Crippen LogP contribution >= 0.6 is 0 Å². The molecule has 4 rings (SSSR count). The number of rotatable bonds is 8. The number of likely N-dealkylation sites (N-methyl/N-ethyl adjacent to an activating group) is 1. The predicted octanol–water partition coefficient (Wildman–Crippen LogP) is 3.53. The van der Waals surface area contributed by atoms with Crippen LogP contribution in [0.2, 0.25) is 0 Å². The average Bonchev–Trinajstić information content (AvgIpc) is 3.38. The molecule has 2 aromatic rings. The van der Waals surface area contributed by atoms with Gasteiger partial charge in [0.25, 0.3) is 0 Å². The molecule has 0 radical (unpaired) electrons. The van der Waals surface area contributed by atoms with Gasteiger partial charge < -0.3 is 19.9 Å². The number of ether oxygens (including phenoxy) is 1. The minimum absolute atomic E-state index is 0.0921. The van der Waals surface area contributed by atoms with E-state index in [1.165, 1.54) is 5.56 Å². The number of nitrogens with zero attached hydrogens (tertiary/aromatic N) is 5. The Morgan fingerprint density at radius 2 is 1.82 bits per heavy atom. The molecule has 2 aromatic carbocycles. The molecule has 0 atom stereocenters. The summed E-state index contributed by atoms with van der Waals surface area (Å²) >= 11 is 0. The quantitative estimate of drug-likeness (QED) is 0.668. The molecule has 1 N–H and O–H groups in total. The number of amides is 2. The molecule has 0 saturated carbocycles. The van der Waals surface area contributed by atoms with E-state index in [1.54, 1.807) is 7.11 Å². The van der Waals surface area contributed by atoms with Gasteiger partial charge in [0.05, 0.1) is 20.2 Å². The Hall–Kier alpha value is -2.97. The topological polar surface area (TPSA) is 72.8 Å². The van der Waals surface area contributed by atoms with Crippen molar-refractivity contribution in [2.45, 2.75) is 12.5 Å². The standard InChI is InChI=1S/C25H34N6O2/c1-29-10-12-30(13-11-29)14-15-31(19-20-4-3-5-24(16-20)33-2)25(32)28-23-8-6-21(7-9-23)22-17-26-27-18-22/h3-9,16,22H,10-15,17-19H2,1-2H3,(H,28,32). The maximum atomic E-state index is 13.3. The third-order valence-electron chi connectivity index (χ3n) is 6.41. The van der Waals surface area contributed by atoms with E-state index in [-0.39, 0.29) is 6.03 Å². The lowest BCUT2D eigenvalue weighted by Gasteiger charge is -2.34. The van der Waals surface area contributed by atoms with Gasteiger partial charge in [-0.3, -0.25) is 4.90 Å². The van der Waals surface area contributed by atoms with E-state index in [0.29, 0.717) is 19.0 Å².